The van der Waals surface area contributed by atoms with Gasteiger partial charge in [-0.2, -0.15) is 0 Å². The third-order valence-corrected chi connectivity index (χ3v) is 6.35. The van der Waals surface area contributed by atoms with Gasteiger partial charge >= 0.3 is 0 Å². The molecule has 0 saturated carbocycles. The first-order valence-electron chi connectivity index (χ1n) is 12.8. The summed E-state index contributed by atoms with van der Waals surface area (Å²) in [6.07, 6.45) is 4.60. The van der Waals surface area contributed by atoms with Crippen molar-refractivity contribution >= 4 is 28.9 Å². The number of hydrogen-bond acceptors (Lipinski definition) is 5. The normalized spacial score (nSPS) is 11.1. The van der Waals surface area contributed by atoms with Crippen LogP contribution in [0.4, 0.5) is 0 Å². The Labute approximate surface area is 227 Å². The van der Waals surface area contributed by atoms with E-state index < -0.39 is 0 Å². The summed E-state index contributed by atoms with van der Waals surface area (Å²) >= 11 is 0. The van der Waals surface area contributed by atoms with Gasteiger partial charge in [0.25, 0.3) is 0 Å². The monoisotopic (exact) mass is 524 g/mol. The number of carbonyl (C=O) groups is 2. The molecule has 0 atom stereocenters. The highest BCUT2D eigenvalue weighted by atomic mass is 16.5. The van der Waals surface area contributed by atoms with E-state index in [0.29, 0.717) is 16.5 Å². The molecule has 0 unspecified atom stereocenters. The van der Waals surface area contributed by atoms with Gasteiger partial charge in [0.05, 0.1) is 30.4 Å². The first kappa shape index (κ1) is 27.5. The zero-order chi connectivity index (χ0) is 27.6. The lowest BCUT2D eigenvalue weighted by Gasteiger charge is -2.27. The second kappa shape index (κ2) is 13.3. The number of nitrogens with zero attached hydrogens (tertiary/aromatic N) is 2. The number of rotatable bonds is 11. The minimum absolute atomic E-state index is 0.0477. The zero-order valence-electron chi connectivity index (χ0n) is 22.2. The van der Waals surface area contributed by atoms with E-state index >= 15 is 0 Å². The second-order valence-corrected chi connectivity index (χ2v) is 9.32. The average molecular weight is 525 g/mol. The third kappa shape index (κ3) is 7.52. The lowest BCUT2D eigenvalue weighted by molar-refractivity contribution is -0.139. The molecule has 0 saturated heterocycles. The van der Waals surface area contributed by atoms with Crippen LogP contribution < -0.4 is 5.43 Å². The molecule has 1 aromatic heterocycles. The van der Waals surface area contributed by atoms with Crippen molar-refractivity contribution in [2.24, 2.45) is 0 Å². The summed E-state index contributed by atoms with van der Waals surface area (Å²) in [6, 6.07) is 24.5. The van der Waals surface area contributed by atoms with Gasteiger partial charge in [-0.1, -0.05) is 72.3 Å². The predicted octanol–water partition coefficient (Wildman–Crippen LogP) is 4.82. The quantitative estimate of drug-likeness (QED) is 0.263. The summed E-state index contributed by atoms with van der Waals surface area (Å²) in [7, 11) is 1.55. The fourth-order valence-electron chi connectivity index (χ4n) is 4.20. The van der Waals surface area contributed by atoms with Crippen LogP contribution in [0.1, 0.15) is 22.3 Å². The van der Waals surface area contributed by atoms with Gasteiger partial charge in [-0.3, -0.25) is 14.4 Å². The van der Waals surface area contributed by atoms with Gasteiger partial charge < -0.3 is 19.0 Å². The number of fused-ring (bicyclic) bond motifs is 1. The molecular weight excluding hydrogens is 492 g/mol. The van der Waals surface area contributed by atoms with Gasteiger partial charge in [-0.25, -0.2) is 0 Å². The molecule has 0 spiro atoms. The lowest BCUT2D eigenvalue weighted by Crippen LogP contribution is -2.43. The van der Waals surface area contributed by atoms with Crippen molar-refractivity contribution in [3.05, 3.63) is 124 Å². The molecule has 3 aromatic carbocycles. The summed E-state index contributed by atoms with van der Waals surface area (Å²) in [6.45, 7) is 2.60. The maximum absolute atomic E-state index is 13.7. The van der Waals surface area contributed by atoms with E-state index in [-0.39, 0.29) is 50.0 Å². The summed E-state index contributed by atoms with van der Waals surface area (Å²) in [5.74, 6) is -0.593. The highest BCUT2D eigenvalue weighted by Crippen LogP contribution is 2.16. The van der Waals surface area contributed by atoms with Crippen LogP contribution in [0.15, 0.2) is 100 Å². The number of benzene rings is 3. The van der Waals surface area contributed by atoms with Gasteiger partial charge in [0, 0.05) is 26.3 Å². The van der Waals surface area contributed by atoms with Gasteiger partial charge in [-0.05, 0) is 36.3 Å². The van der Waals surface area contributed by atoms with Crippen molar-refractivity contribution in [3.8, 4) is 0 Å². The molecule has 0 aliphatic heterocycles. The molecule has 0 aliphatic carbocycles. The Morgan fingerprint density at radius 2 is 1.64 bits per heavy atom. The van der Waals surface area contributed by atoms with Crippen molar-refractivity contribution in [1.82, 2.24) is 9.80 Å². The fourth-order valence-corrected chi connectivity index (χ4v) is 4.20. The molecule has 7 nitrogen and oxygen atoms in total. The van der Waals surface area contributed by atoms with Crippen LogP contribution in [0.3, 0.4) is 0 Å². The molecule has 7 heteroatoms. The summed E-state index contributed by atoms with van der Waals surface area (Å²) in [5, 5.41) is 0.475. The number of ether oxygens (including phenoxy) is 1. The van der Waals surface area contributed by atoms with E-state index in [0.717, 1.165) is 16.7 Å². The topological polar surface area (TPSA) is 80.1 Å². The van der Waals surface area contributed by atoms with Gasteiger partial charge in [0.1, 0.15) is 12.1 Å². The molecule has 2 amide bonds. The number of hydrogen-bond donors (Lipinski definition) is 0. The molecule has 4 aromatic rings. The molecule has 4 rings (SSSR count). The number of amides is 2. The summed E-state index contributed by atoms with van der Waals surface area (Å²) < 4.78 is 10.9. The van der Waals surface area contributed by atoms with E-state index in [1.807, 2.05) is 73.7 Å². The van der Waals surface area contributed by atoms with Gasteiger partial charge in [0.15, 0.2) is 5.43 Å². The number of aryl methyl sites for hydroxylation is 1. The van der Waals surface area contributed by atoms with Crippen molar-refractivity contribution in [2.75, 3.05) is 26.8 Å². The fraction of sp³-hybridized carbons (Fsp3) is 0.219. The molecule has 0 radical (unpaired) electrons. The lowest BCUT2D eigenvalue weighted by atomic mass is 10.1. The highest BCUT2D eigenvalue weighted by molar-refractivity contribution is 5.94. The van der Waals surface area contributed by atoms with Crippen LogP contribution in [0, 0.1) is 6.92 Å². The predicted molar refractivity (Wildman–Crippen MR) is 152 cm³/mol. The van der Waals surface area contributed by atoms with Crippen LogP contribution in [0.25, 0.3) is 17.0 Å². The smallest absolute Gasteiger partial charge is 0.247 e. The van der Waals surface area contributed by atoms with Crippen LogP contribution in [-0.4, -0.2) is 48.4 Å². The van der Waals surface area contributed by atoms with Crippen LogP contribution in [0.2, 0.25) is 0 Å². The van der Waals surface area contributed by atoms with Gasteiger partial charge in [-0.15, -0.1) is 0 Å². The Morgan fingerprint density at radius 1 is 0.923 bits per heavy atom. The van der Waals surface area contributed by atoms with E-state index in [4.69, 9.17) is 9.15 Å². The van der Waals surface area contributed by atoms with E-state index in [1.54, 1.807) is 30.2 Å². The minimum Gasteiger partial charge on any atom is -0.464 e. The largest absolute Gasteiger partial charge is 0.464 e. The second-order valence-electron chi connectivity index (χ2n) is 9.32. The van der Waals surface area contributed by atoms with Crippen LogP contribution >= 0.6 is 0 Å². The Kier molecular flexibility index (Phi) is 9.43. The molecule has 39 heavy (non-hydrogen) atoms. The first-order valence-corrected chi connectivity index (χ1v) is 12.8. The first-order chi connectivity index (χ1) is 18.9. The summed E-state index contributed by atoms with van der Waals surface area (Å²) in [4.78, 5) is 43.1. The Balaban J connectivity index is 1.59. The molecule has 0 bridgehead atoms. The van der Waals surface area contributed by atoms with Crippen molar-refractivity contribution < 1.29 is 18.7 Å². The molecule has 200 valence electrons. The average Bonchev–Trinajstić information content (AvgIpc) is 2.96. The van der Waals surface area contributed by atoms with Crippen molar-refractivity contribution in [2.45, 2.75) is 20.0 Å². The van der Waals surface area contributed by atoms with E-state index in [2.05, 4.69) is 0 Å². The molecular formula is C32H32N2O5. The third-order valence-electron chi connectivity index (χ3n) is 6.35. The molecule has 0 N–H and O–H groups in total. The molecule has 1 heterocycles. The molecule has 0 aliphatic rings. The molecule has 0 fully saturated rings. The van der Waals surface area contributed by atoms with Gasteiger partial charge in [0.2, 0.25) is 11.8 Å². The number of carbonyl (C=O) groups excluding carboxylic acids is 2. The Bertz CT molecular complexity index is 1500. The van der Waals surface area contributed by atoms with E-state index in [1.165, 1.54) is 17.2 Å². The number of methoxy groups -OCH3 is 1. The SMILES string of the molecule is COCCN(CC(=O)N(Cc1ccccc1)Cc1coc2ccc(C)cc2c1=O)C(=O)/C=C/c1ccccc1. The van der Waals surface area contributed by atoms with Crippen LogP contribution in [0.5, 0.6) is 0 Å². The Hall–Kier alpha value is -4.49. The maximum atomic E-state index is 13.7. The maximum Gasteiger partial charge on any atom is 0.247 e. The highest BCUT2D eigenvalue weighted by Gasteiger charge is 2.22. The zero-order valence-corrected chi connectivity index (χ0v) is 22.2. The Morgan fingerprint density at radius 3 is 2.36 bits per heavy atom. The standard InChI is InChI=1S/C32H32N2O5/c1-24-13-15-29-28(19-24)32(37)27(23-39-29)21-34(20-26-11-7-4-8-12-26)31(36)22-33(17-18-38-2)30(35)16-14-25-9-5-3-6-10-25/h3-16,19,23H,17-18,20-22H2,1-2H3/b16-14+. The van der Waals surface area contributed by atoms with Crippen molar-refractivity contribution in [1.29, 1.82) is 0 Å². The van der Waals surface area contributed by atoms with E-state index in [9.17, 15) is 14.4 Å². The van der Waals surface area contributed by atoms with Crippen molar-refractivity contribution in [3.63, 3.8) is 0 Å². The summed E-state index contributed by atoms with van der Waals surface area (Å²) in [5.41, 5.74) is 3.43. The van der Waals surface area contributed by atoms with Crippen LogP contribution in [-0.2, 0) is 27.4 Å². The minimum atomic E-state index is -0.301.